The van der Waals surface area contributed by atoms with Crippen LogP contribution in [0.15, 0.2) is 60.9 Å². The molecule has 0 radical (unpaired) electrons. The van der Waals surface area contributed by atoms with Crippen molar-refractivity contribution >= 4 is 5.91 Å². The van der Waals surface area contributed by atoms with Crippen molar-refractivity contribution in [3.8, 4) is 17.2 Å². The highest BCUT2D eigenvalue weighted by Gasteiger charge is 2.16. The van der Waals surface area contributed by atoms with Crippen LogP contribution in [-0.2, 0) is 11.2 Å². The Balaban J connectivity index is 1.39. The largest absolute Gasteiger partial charge is 0.486 e. The van der Waals surface area contributed by atoms with E-state index in [0.717, 1.165) is 28.3 Å². The fourth-order valence-corrected chi connectivity index (χ4v) is 3.06. The number of fused-ring (bicyclic) bond motifs is 1. The first-order valence-electron chi connectivity index (χ1n) is 8.97. The van der Waals surface area contributed by atoms with E-state index in [1.54, 1.807) is 10.9 Å². The molecule has 1 unspecified atom stereocenters. The van der Waals surface area contributed by atoms with Gasteiger partial charge in [0.25, 0.3) is 0 Å². The molecule has 1 atom stereocenters. The molecule has 6 nitrogen and oxygen atoms in total. The minimum atomic E-state index is -0.127. The molecule has 138 valence electrons. The molecule has 0 saturated heterocycles. The Bertz CT molecular complexity index is 937. The molecular weight excluding hydrogens is 342 g/mol. The number of carbonyl (C=O) groups is 1. The minimum Gasteiger partial charge on any atom is -0.486 e. The highest BCUT2D eigenvalue weighted by Crippen LogP contribution is 2.32. The van der Waals surface area contributed by atoms with Crippen LogP contribution in [0.2, 0.25) is 0 Å². The zero-order chi connectivity index (χ0) is 18.6. The van der Waals surface area contributed by atoms with E-state index in [4.69, 9.17) is 9.47 Å². The Kier molecular flexibility index (Phi) is 4.78. The van der Waals surface area contributed by atoms with E-state index in [1.807, 2.05) is 61.7 Å². The van der Waals surface area contributed by atoms with Gasteiger partial charge in [0.1, 0.15) is 13.2 Å². The molecule has 1 amide bonds. The van der Waals surface area contributed by atoms with Gasteiger partial charge in [-0.05, 0) is 42.3 Å². The van der Waals surface area contributed by atoms with Crippen molar-refractivity contribution in [1.82, 2.24) is 15.1 Å². The second-order valence-corrected chi connectivity index (χ2v) is 6.50. The normalized spacial score (nSPS) is 13.8. The van der Waals surface area contributed by atoms with Crippen LogP contribution in [0.4, 0.5) is 0 Å². The van der Waals surface area contributed by atoms with Crippen molar-refractivity contribution in [2.75, 3.05) is 13.2 Å². The molecule has 0 fully saturated rings. The molecule has 1 aliphatic heterocycles. The summed E-state index contributed by atoms with van der Waals surface area (Å²) in [5.74, 6) is 1.42. The first-order valence-corrected chi connectivity index (χ1v) is 8.97. The smallest absolute Gasteiger partial charge is 0.225 e. The van der Waals surface area contributed by atoms with E-state index in [2.05, 4.69) is 10.4 Å². The number of rotatable bonds is 5. The monoisotopic (exact) mass is 363 g/mol. The van der Waals surface area contributed by atoms with E-state index < -0.39 is 0 Å². The summed E-state index contributed by atoms with van der Waals surface area (Å²) in [4.78, 5) is 12.4. The van der Waals surface area contributed by atoms with Gasteiger partial charge in [-0.3, -0.25) is 4.79 Å². The minimum absolute atomic E-state index is 0.0509. The molecule has 2 aromatic carbocycles. The van der Waals surface area contributed by atoms with Gasteiger partial charge in [0.05, 0.1) is 24.3 Å². The maximum absolute atomic E-state index is 12.4. The SMILES string of the molecule is CC(NC(=O)Cc1cnn(-c2ccccc2)c1)c1ccc2c(c1)OCCO2. The number of hydrogen-bond donors (Lipinski definition) is 1. The van der Waals surface area contributed by atoms with Gasteiger partial charge in [-0.1, -0.05) is 24.3 Å². The van der Waals surface area contributed by atoms with Crippen LogP contribution in [0.5, 0.6) is 11.5 Å². The average Bonchev–Trinajstić information content (AvgIpc) is 3.16. The molecule has 0 spiro atoms. The third-order valence-corrected chi connectivity index (χ3v) is 4.47. The van der Waals surface area contributed by atoms with E-state index in [9.17, 15) is 4.79 Å². The third kappa shape index (κ3) is 3.95. The van der Waals surface area contributed by atoms with Crippen LogP contribution in [-0.4, -0.2) is 28.9 Å². The number of nitrogens with one attached hydrogen (secondary N) is 1. The van der Waals surface area contributed by atoms with Crippen LogP contribution in [0.3, 0.4) is 0 Å². The van der Waals surface area contributed by atoms with Crippen molar-refractivity contribution in [2.24, 2.45) is 0 Å². The Labute approximate surface area is 157 Å². The lowest BCUT2D eigenvalue weighted by Crippen LogP contribution is -2.28. The summed E-state index contributed by atoms with van der Waals surface area (Å²) >= 11 is 0. The summed E-state index contributed by atoms with van der Waals surface area (Å²) in [5, 5.41) is 7.36. The lowest BCUT2D eigenvalue weighted by Gasteiger charge is -2.21. The molecule has 1 aromatic heterocycles. The maximum atomic E-state index is 12.4. The number of hydrogen-bond acceptors (Lipinski definition) is 4. The van der Waals surface area contributed by atoms with Gasteiger partial charge in [-0.2, -0.15) is 5.10 Å². The summed E-state index contributed by atoms with van der Waals surface area (Å²) in [6, 6.07) is 15.5. The fraction of sp³-hybridized carbons (Fsp3) is 0.238. The molecule has 0 saturated carbocycles. The number of aromatic nitrogens is 2. The molecular formula is C21H21N3O3. The lowest BCUT2D eigenvalue weighted by molar-refractivity contribution is -0.121. The zero-order valence-electron chi connectivity index (χ0n) is 15.1. The molecule has 2 heterocycles. The molecule has 1 N–H and O–H groups in total. The summed E-state index contributed by atoms with van der Waals surface area (Å²) in [6.45, 7) is 3.06. The molecule has 3 aromatic rings. The van der Waals surface area contributed by atoms with Crippen LogP contribution < -0.4 is 14.8 Å². The number of ether oxygens (including phenoxy) is 2. The zero-order valence-corrected chi connectivity index (χ0v) is 15.1. The van der Waals surface area contributed by atoms with Gasteiger partial charge in [-0.15, -0.1) is 0 Å². The Hall–Kier alpha value is -3.28. The summed E-state index contributed by atoms with van der Waals surface area (Å²) < 4.78 is 12.9. The van der Waals surface area contributed by atoms with Crippen molar-refractivity contribution in [3.63, 3.8) is 0 Å². The maximum Gasteiger partial charge on any atom is 0.225 e. The van der Waals surface area contributed by atoms with Gasteiger partial charge in [0, 0.05) is 6.20 Å². The molecule has 0 bridgehead atoms. The Morgan fingerprint density at radius 2 is 1.93 bits per heavy atom. The summed E-state index contributed by atoms with van der Waals surface area (Å²) in [7, 11) is 0. The van der Waals surface area contributed by atoms with Crippen LogP contribution >= 0.6 is 0 Å². The molecule has 27 heavy (non-hydrogen) atoms. The first kappa shape index (κ1) is 17.1. The average molecular weight is 363 g/mol. The third-order valence-electron chi connectivity index (χ3n) is 4.47. The number of benzene rings is 2. The second-order valence-electron chi connectivity index (χ2n) is 6.50. The van der Waals surface area contributed by atoms with Crippen molar-refractivity contribution in [1.29, 1.82) is 0 Å². The predicted octanol–water partition coefficient (Wildman–Crippen LogP) is 3.06. The fourth-order valence-electron chi connectivity index (χ4n) is 3.06. The van der Waals surface area contributed by atoms with Gasteiger partial charge in [0.15, 0.2) is 11.5 Å². The van der Waals surface area contributed by atoms with Gasteiger partial charge in [-0.25, -0.2) is 4.68 Å². The van der Waals surface area contributed by atoms with Crippen molar-refractivity contribution in [3.05, 3.63) is 72.1 Å². The van der Waals surface area contributed by atoms with E-state index in [1.165, 1.54) is 0 Å². The number of carbonyl (C=O) groups excluding carboxylic acids is 1. The molecule has 0 aliphatic carbocycles. The molecule has 1 aliphatic rings. The first-order chi connectivity index (χ1) is 13.2. The molecule has 4 rings (SSSR count). The predicted molar refractivity (Wildman–Crippen MR) is 101 cm³/mol. The highest BCUT2D eigenvalue weighted by molar-refractivity contribution is 5.78. The second kappa shape index (κ2) is 7.53. The molecule has 6 heteroatoms. The standard InChI is InChI=1S/C21H21N3O3/c1-15(17-7-8-19-20(12-17)27-10-9-26-19)23-21(25)11-16-13-22-24(14-16)18-5-3-2-4-6-18/h2-8,12-15H,9-11H2,1H3,(H,23,25). The topological polar surface area (TPSA) is 65.4 Å². The van der Waals surface area contributed by atoms with E-state index in [0.29, 0.717) is 13.2 Å². The van der Waals surface area contributed by atoms with Crippen LogP contribution in [0.1, 0.15) is 24.1 Å². The van der Waals surface area contributed by atoms with Crippen molar-refractivity contribution < 1.29 is 14.3 Å². The highest BCUT2D eigenvalue weighted by atomic mass is 16.6. The van der Waals surface area contributed by atoms with Crippen LogP contribution in [0, 0.1) is 0 Å². The van der Waals surface area contributed by atoms with Gasteiger partial charge in [0.2, 0.25) is 5.91 Å². The van der Waals surface area contributed by atoms with Crippen molar-refractivity contribution in [2.45, 2.75) is 19.4 Å². The van der Waals surface area contributed by atoms with Crippen LogP contribution in [0.25, 0.3) is 5.69 Å². The van der Waals surface area contributed by atoms with E-state index in [-0.39, 0.29) is 18.4 Å². The van der Waals surface area contributed by atoms with Gasteiger partial charge < -0.3 is 14.8 Å². The lowest BCUT2D eigenvalue weighted by atomic mass is 10.1. The van der Waals surface area contributed by atoms with E-state index >= 15 is 0 Å². The summed E-state index contributed by atoms with van der Waals surface area (Å²) in [6.07, 6.45) is 3.88. The Morgan fingerprint density at radius 3 is 2.74 bits per heavy atom. The summed E-state index contributed by atoms with van der Waals surface area (Å²) in [5.41, 5.74) is 2.81. The van der Waals surface area contributed by atoms with Gasteiger partial charge >= 0.3 is 0 Å². The number of nitrogens with zero attached hydrogens (tertiary/aromatic N) is 2. The number of amides is 1. The quantitative estimate of drug-likeness (QED) is 0.757. The Morgan fingerprint density at radius 1 is 1.15 bits per heavy atom. The number of para-hydroxylation sites is 1.